The van der Waals surface area contributed by atoms with Gasteiger partial charge in [-0.25, -0.2) is 17.2 Å². The molecule has 2 aromatic carbocycles. The maximum atomic E-state index is 13.4. The molecule has 1 atom stereocenters. The van der Waals surface area contributed by atoms with Crippen molar-refractivity contribution in [2.24, 2.45) is 0 Å². The van der Waals surface area contributed by atoms with Gasteiger partial charge in [0.15, 0.2) is 0 Å². The second-order valence-corrected chi connectivity index (χ2v) is 9.17. The van der Waals surface area contributed by atoms with Gasteiger partial charge in [-0.05, 0) is 42.2 Å². The van der Waals surface area contributed by atoms with Gasteiger partial charge in [0.05, 0.1) is 4.90 Å². The summed E-state index contributed by atoms with van der Waals surface area (Å²) in [6.07, 6.45) is 0.970. The maximum Gasteiger partial charge on any atom is 0.254 e. The minimum absolute atomic E-state index is 0.0839. The van der Waals surface area contributed by atoms with Crippen LogP contribution in [0.4, 0.5) is 8.78 Å². The van der Waals surface area contributed by atoms with Gasteiger partial charge >= 0.3 is 0 Å². The molecule has 1 saturated heterocycles. The maximum absolute atomic E-state index is 13.4. The van der Waals surface area contributed by atoms with Gasteiger partial charge in [0, 0.05) is 37.8 Å². The minimum atomic E-state index is -3.66. The highest BCUT2D eigenvalue weighted by molar-refractivity contribution is 7.89. The average Bonchev–Trinajstić information content (AvgIpc) is 2.72. The lowest BCUT2D eigenvalue weighted by Crippen LogP contribution is -2.50. The molecule has 0 N–H and O–H groups in total. The molecule has 1 heterocycles. The molecule has 5 nitrogen and oxygen atoms in total. The van der Waals surface area contributed by atoms with E-state index in [2.05, 4.69) is 13.8 Å². The summed E-state index contributed by atoms with van der Waals surface area (Å²) >= 11 is 0. The molecule has 1 aliphatic rings. The van der Waals surface area contributed by atoms with Crippen molar-refractivity contribution in [2.75, 3.05) is 26.2 Å². The third-order valence-electron chi connectivity index (χ3n) is 5.33. The predicted octanol–water partition coefficient (Wildman–Crippen LogP) is 3.63. The summed E-state index contributed by atoms with van der Waals surface area (Å²) in [6.45, 7) is 4.72. The predicted molar refractivity (Wildman–Crippen MR) is 106 cm³/mol. The van der Waals surface area contributed by atoms with Gasteiger partial charge in [0.25, 0.3) is 5.91 Å². The van der Waals surface area contributed by atoms with Gasteiger partial charge in [0.1, 0.15) is 11.6 Å². The van der Waals surface area contributed by atoms with E-state index in [9.17, 15) is 22.0 Å². The van der Waals surface area contributed by atoms with E-state index >= 15 is 0 Å². The Morgan fingerprint density at radius 2 is 1.55 bits per heavy atom. The molecule has 29 heavy (non-hydrogen) atoms. The fourth-order valence-corrected chi connectivity index (χ4v) is 4.77. The highest BCUT2D eigenvalue weighted by Gasteiger charge is 2.30. The second kappa shape index (κ2) is 8.59. The lowest BCUT2D eigenvalue weighted by Gasteiger charge is -2.34. The smallest absolute Gasteiger partial charge is 0.254 e. The van der Waals surface area contributed by atoms with Crippen molar-refractivity contribution < 1.29 is 22.0 Å². The van der Waals surface area contributed by atoms with E-state index in [1.807, 2.05) is 12.1 Å². The number of benzene rings is 2. The van der Waals surface area contributed by atoms with E-state index in [4.69, 9.17) is 0 Å². The van der Waals surface area contributed by atoms with Gasteiger partial charge in [-0.2, -0.15) is 4.31 Å². The lowest BCUT2D eigenvalue weighted by molar-refractivity contribution is 0.0697. The summed E-state index contributed by atoms with van der Waals surface area (Å²) in [6, 6.07) is 9.56. The number of sulfonamides is 1. The van der Waals surface area contributed by atoms with Gasteiger partial charge in [0.2, 0.25) is 10.0 Å². The van der Waals surface area contributed by atoms with Crippen LogP contribution in [0.1, 0.15) is 42.1 Å². The molecule has 156 valence electrons. The van der Waals surface area contributed by atoms with Crippen LogP contribution >= 0.6 is 0 Å². The molecular weight excluding hydrogens is 398 g/mol. The zero-order valence-electron chi connectivity index (χ0n) is 16.4. The number of amides is 1. The van der Waals surface area contributed by atoms with Crippen molar-refractivity contribution in [3.05, 3.63) is 65.2 Å². The van der Waals surface area contributed by atoms with Crippen LogP contribution in [0.3, 0.4) is 0 Å². The Morgan fingerprint density at radius 1 is 1.00 bits per heavy atom. The molecule has 0 aromatic heterocycles. The highest BCUT2D eigenvalue weighted by atomic mass is 32.2. The molecule has 2 aromatic rings. The molecule has 1 unspecified atom stereocenters. The standard InChI is InChI=1S/C21H24F2N2O3S/c1-3-15(2)16-4-6-20(7-5-16)29(27,28)25-10-8-24(9-11-25)21(26)17-12-18(22)14-19(23)13-17/h4-7,12-15H,3,8-11H2,1-2H3. The molecule has 0 bridgehead atoms. The van der Waals surface area contributed by atoms with Gasteiger partial charge < -0.3 is 4.90 Å². The Morgan fingerprint density at radius 3 is 2.07 bits per heavy atom. The quantitative estimate of drug-likeness (QED) is 0.740. The van der Waals surface area contributed by atoms with Crippen molar-refractivity contribution in [2.45, 2.75) is 31.1 Å². The zero-order chi connectivity index (χ0) is 21.2. The summed E-state index contributed by atoms with van der Waals surface area (Å²) in [4.78, 5) is 14.1. The molecule has 1 amide bonds. The Labute approximate surface area is 170 Å². The summed E-state index contributed by atoms with van der Waals surface area (Å²) in [5.74, 6) is -1.81. The third kappa shape index (κ3) is 4.64. The van der Waals surface area contributed by atoms with Crippen LogP contribution in [-0.2, 0) is 10.0 Å². The van der Waals surface area contributed by atoms with Crippen LogP contribution in [0.25, 0.3) is 0 Å². The van der Waals surface area contributed by atoms with E-state index in [0.717, 1.165) is 24.1 Å². The first-order valence-corrected chi connectivity index (χ1v) is 11.0. The van der Waals surface area contributed by atoms with Crippen LogP contribution in [-0.4, -0.2) is 49.7 Å². The van der Waals surface area contributed by atoms with Gasteiger partial charge in [-0.15, -0.1) is 0 Å². The first kappa shape index (κ1) is 21.4. The summed E-state index contributed by atoms with van der Waals surface area (Å²) in [5, 5.41) is 0. The average molecular weight is 422 g/mol. The number of piperazine rings is 1. The minimum Gasteiger partial charge on any atom is -0.336 e. The van der Waals surface area contributed by atoms with Crippen molar-refractivity contribution in [3.8, 4) is 0 Å². The summed E-state index contributed by atoms with van der Waals surface area (Å²) < 4.78 is 53.9. The summed E-state index contributed by atoms with van der Waals surface area (Å²) in [7, 11) is -3.66. The number of carbonyl (C=O) groups excluding carboxylic acids is 1. The van der Waals surface area contributed by atoms with E-state index in [1.165, 1.54) is 9.21 Å². The molecule has 8 heteroatoms. The van der Waals surface area contributed by atoms with E-state index in [0.29, 0.717) is 12.0 Å². The third-order valence-corrected chi connectivity index (χ3v) is 7.25. The second-order valence-electron chi connectivity index (χ2n) is 7.23. The first-order chi connectivity index (χ1) is 13.7. The number of halogens is 2. The molecule has 0 radical (unpaired) electrons. The van der Waals surface area contributed by atoms with E-state index < -0.39 is 27.6 Å². The number of hydrogen-bond donors (Lipinski definition) is 0. The highest BCUT2D eigenvalue weighted by Crippen LogP contribution is 2.23. The normalized spacial score (nSPS) is 16.6. The van der Waals surface area contributed by atoms with Crippen LogP contribution in [0.2, 0.25) is 0 Å². The molecule has 1 fully saturated rings. The van der Waals surface area contributed by atoms with E-state index in [1.54, 1.807) is 12.1 Å². The number of rotatable bonds is 5. The zero-order valence-corrected chi connectivity index (χ0v) is 17.3. The number of carbonyl (C=O) groups is 1. The monoisotopic (exact) mass is 422 g/mol. The van der Waals surface area contributed by atoms with Crippen LogP contribution in [0.15, 0.2) is 47.4 Å². The van der Waals surface area contributed by atoms with Gasteiger partial charge in [-0.3, -0.25) is 4.79 Å². The van der Waals surface area contributed by atoms with Crippen LogP contribution < -0.4 is 0 Å². The van der Waals surface area contributed by atoms with Crippen molar-refractivity contribution in [1.29, 1.82) is 0 Å². The largest absolute Gasteiger partial charge is 0.336 e. The number of hydrogen-bond acceptors (Lipinski definition) is 3. The van der Waals surface area contributed by atoms with Gasteiger partial charge in [-0.1, -0.05) is 26.0 Å². The van der Waals surface area contributed by atoms with Crippen LogP contribution in [0, 0.1) is 11.6 Å². The fourth-order valence-electron chi connectivity index (χ4n) is 3.34. The van der Waals surface area contributed by atoms with E-state index in [-0.39, 0.29) is 36.6 Å². The molecule has 3 rings (SSSR count). The van der Waals surface area contributed by atoms with Crippen molar-refractivity contribution in [3.63, 3.8) is 0 Å². The molecule has 0 spiro atoms. The Kier molecular flexibility index (Phi) is 6.33. The molecule has 1 aliphatic heterocycles. The molecule has 0 aliphatic carbocycles. The molecular formula is C21H24F2N2O3S. The SMILES string of the molecule is CCC(C)c1ccc(S(=O)(=O)N2CCN(C(=O)c3cc(F)cc(F)c3)CC2)cc1. The number of nitrogens with zero attached hydrogens (tertiary/aromatic N) is 2. The Balaban J connectivity index is 1.68. The lowest BCUT2D eigenvalue weighted by atomic mass is 9.99. The topological polar surface area (TPSA) is 57.7 Å². The first-order valence-electron chi connectivity index (χ1n) is 9.58. The van der Waals surface area contributed by atoms with Crippen LogP contribution in [0.5, 0.6) is 0 Å². The Bertz CT molecular complexity index is 965. The summed E-state index contributed by atoms with van der Waals surface area (Å²) in [5.41, 5.74) is 1.00. The van der Waals surface area contributed by atoms with Crippen molar-refractivity contribution in [1.82, 2.24) is 9.21 Å². The Hall–Kier alpha value is -2.32. The fraction of sp³-hybridized carbons (Fsp3) is 0.381. The van der Waals surface area contributed by atoms with Crippen molar-refractivity contribution >= 4 is 15.9 Å². The molecule has 0 saturated carbocycles.